The van der Waals surface area contributed by atoms with Crippen molar-refractivity contribution in [2.75, 3.05) is 12.4 Å². The van der Waals surface area contributed by atoms with Gasteiger partial charge in [-0.05, 0) is 12.5 Å². The van der Waals surface area contributed by atoms with Crippen LogP contribution in [-0.2, 0) is 9.59 Å². The van der Waals surface area contributed by atoms with E-state index in [4.69, 9.17) is 9.84 Å². The molecule has 1 atom stereocenters. The van der Waals surface area contributed by atoms with Crippen LogP contribution < -0.4 is 4.74 Å². The largest absolute Gasteiger partial charge is 0.493 e. The second-order valence-corrected chi connectivity index (χ2v) is 8.63. The molecule has 0 aliphatic rings. The Bertz CT molecular complexity index is 590. The van der Waals surface area contributed by atoms with Gasteiger partial charge in [0.15, 0.2) is 0 Å². The van der Waals surface area contributed by atoms with Crippen LogP contribution >= 0.6 is 11.8 Å². The van der Waals surface area contributed by atoms with Crippen LogP contribution in [0.15, 0.2) is 24.3 Å². The van der Waals surface area contributed by atoms with E-state index in [9.17, 15) is 14.7 Å². The molecule has 0 bridgehead atoms. The molecule has 0 saturated heterocycles. The number of hydrogen-bond acceptors (Lipinski definition) is 4. The molecule has 1 unspecified atom stereocenters. The second kappa shape index (κ2) is 16.1. The minimum atomic E-state index is -0.897. The molecule has 0 saturated carbocycles. The average Bonchev–Trinajstić information content (AvgIpc) is 2.68. The summed E-state index contributed by atoms with van der Waals surface area (Å²) < 4.78 is 5.96. The van der Waals surface area contributed by atoms with E-state index < -0.39 is 11.9 Å². The molecule has 1 rings (SSSR count). The number of carbonyl (C=O) groups is 2. The van der Waals surface area contributed by atoms with Crippen molar-refractivity contribution < 1.29 is 24.5 Å². The van der Waals surface area contributed by atoms with E-state index in [1.54, 1.807) is 0 Å². The standard InChI is InChI=1S/C23H36O5S/c1-2-3-4-5-6-7-8-9-12-16-28-20-14-11-10-13-19(20)21(18-23(26)27)29-17-15-22(24)25/h10-11,13-14,21H,2-9,12,15-18H2,1H3,(H,24,25)(H,26,27). The number of carboxylic acids is 2. The molecule has 5 nitrogen and oxygen atoms in total. The Labute approximate surface area is 179 Å². The first-order valence-electron chi connectivity index (χ1n) is 10.8. The van der Waals surface area contributed by atoms with Crippen LogP contribution in [-0.4, -0.2) is 34.5 Å². The van der Waals surface area contributed by atoms with Gasteiger partial charge in [-0.1, -0.05) is 76.5 Å². The molecule has 2 N–H and O–H groups in total. The van der Waals surface area contributed by atoms with Crippen LogP contribution in [0.4, 0.5) is 0 Å². The lowest BCUT2D eigenvalue weighted by Gasteiger charge is -2.19. The Balaban J connectivity index is 2.43. The van der Waals surface area contributed by atoms with Crippen LogP contribution in [0.5, 0.6) is 5.75 Å². The summed E-state index contributed by atoms with van der Waals surface area (Å²) in [5.41, 5.74) is 0.834. The summed E-state index contributed by atoms with van der Waals surface area (Å²) in [6.45, 7) is 2.85. The first kappa shape index (κ1) is 25.3. The predicted octanol–water partition coefficient (Wildman–Crippen LogP) is 6.32. The fourth-order valence-electron chi connectivity index (χ4n) is 3.18. The maximum atomic E-state index is 11.3. The molecule has 0 amide bonds. The van der Waals surface area contributed by atoms with Crippen LogP contribution in [0.25, 0.3) is 0 Å². The molecule has 0 aliphatic carbocycles. The first-order valence-corrected chi connectivity index (χ1v) is 11.9. The Hall–Kier alpha value is -1.69. The Morgan fingerprint density at radius 3 is 2.17 bits per heavy atom. The van der Waals surface area contributed by atoms with Gasteiger partial charge in [0.1, 0.15) is 5.75 Å². The minimum absolute atomic E-state index is 0.0161. The highest BCUT2D eigenvalue weighted by atomic mass is 32.2. The van der Waals surface area contributed by atoms with Crippen molar-refractivity contribution in [3.05, 3.63) is 29.8 Å². The summed E-state index contributed by atoms with van der Waals surface area (Å²) in [5, 5.41) is 17.8. The monoisotopic (exact) mass is 424 g/mol. The lowest BCUT2D eigenvalue weighted by molar-refractivity contribution is -0.137. The van der Waals surface area contributed by atoms with E-state index in [2.05, 4.69) is 6.92 Å². The molecule has 1 aromatic rings. The van der Waals surface area contributed by atoms with Gasteiger partial charge in [-0.15, -0.1) is 0 Å². The van der Waals surface area contributed by atoms with Crippen LogP contribution in [0.3, 0.4) is 0 Å². The fourth-order valence-corrected chi connectivity index (χ4v) is 4.39. The Morgan fingerprint density at radius 1 is 0.931 bits per heavy atom. The van der Waals surface area contributed by atoms with Gasteiger partial charge in [0.25, 0.3) is 0 Å². The topological polar surface area (TPSA) is 83.8 Å². The number of rotatable bonds is 18. The molecular weight excluding hydrogens is 388 g/mol. The molecule has 0 aromatic heterocycles. The van der Waals surface area contributed by atoms with Gasteiger partial charge in [-0.2, -0.15) is 11.8 Å². The highest BCUT2D eigenvalue weighted by Crippen LogP contribution is 2.38. The molecule has 0 aliphatic heterocycles. The lowest BCUT2D eigenvalue weighted by Crippen LogP contribution is -2.08. The zero-order chi connectivity index (χ0) is 21.3. The van der Waals surface area contributed by atoms with Gasteiger partial charge in [-0.3, -0.25) is 9.59 Å². The van der Waals surface area contributed by atoms with E-state index in [0.717, 1.165) is 18.4 Å². The van der Waals surface area contributed by atoms with Gasteiger partial charge < -0.3 is 14.9 Å². The summed E-state index contributed by atoms with van der Waals surface area (Å²) in [6, 6.07) is 7.50. The summed E-state index contributed by atoms with van der Waals surface area (Å²) in [4.78, 5) is 22.0. The molecule has 164 valence electrons. The third-order valence-electron chi connectivity index (χ3n) is 4.77. The number of aliphatic carboxylic acids is 2. The van der Waals surface area contributed by atoms with Crippen molar-refractivity contribution >= 4 is 23.7 Å². The van der Waals surface area contributed by atoms with E-state index in [-0.39, 0.29) is 18.1 Å². The lowest BCUT2D eigenvalue weighted by atomic mass is 10.1. The SMILES string of the molecule is CCCCCCCCCCCOc1ccccc1C(CC(=O)O)SCCC(=O)O. The van der Waals surface area contributed by atoms with Crippen molar-refractivity contribution in [1.82, 2.24) is 0 Å². The summed E-state index contributed by atoms with van der Waals surface area (Å²) >= 11 is 1.36. The zero-order valence-electron chi connectivity index (χ0n) is 17.6. The number of hydrogen-bond donors (Lipinski definition) is 2. The number of para-hydroxylation sites is 1. The number of thioether (sulfide) groups is 1. The highest BCUT2D eigenvalue weighted by molar-refractivity contribution is 7.99. The van der Waals surface area contributed by atoms with Crippen molar-refractivity contribution in [3.63, 3.8) is 0 Å². The summed E-state index contributed by atoms with van der Waals surface area (Å²) in [6.07, 6.45) is 11.2. The van der Waals surface area contributed by atoms with Gasteiger partial charge >= 0.3 is 11.9 Å². The summed E-state index contributed by atoms with van der Waals surface area (Å²) in [7, 11) is 0. The maximum absolute atomic E-state index is 11.3. The second-order valence-electron chi connectivity index (χ2n) is 7.32. The first-order chi connectivity index (χ1) is 14.0. The Kier molecular flexibility index (Phi) is 14.1. The predicted molar refractivity (Wildman–Crippen MR) is 119 cm³/mol. The third-order valence-corrected chi connectivity index (χ3v) is 6.03. The number of benzene rings is 1. The Morgan fingerprint density at radius 2 is 1.55 bits per heavy atom. The summed E-state index contributed by atoms with van der Waals surface area (Å²) in [5.74, 6) is -0.686. The molecule has 0 spiro atoms. The maximum Gasteiger partial charge on any atom is 0.304 e. The van der Waals surface area contributed by atoms with Crippen molar-refractivity contribution in [2.45, 2.75) is 82.8 Å². The average molecular weight is 425 g/mol. The number of carboxylic acid groups (broad SMARTS) is 2. The van der Waals surface area contributed by atoms with E-state index in [1.807, 2.05) is 24.3 Å². The van der Waals surface area contributed by atoms with Gasteiger partial charge in [-0.25, -0.2) is 0 Å². The van der Waals surface area contributed by atoms with Crippen molar-refractivity contribution in [1.29, 1.82) is 0 Å². The molecule has 0 heterocycles. The van der Waals surface area contributed by atoms with Crippen molar-refractivity contribution in [3.8, 4) is 5.75 Å². The number of unbranched alkanes of at least 4 members (excludes halogenated alkanes) is 8. The number of ether oxygens (including phenoxy) is 1. The molecule has 1 aromatic carbocycles. The fraction of sp³-hybridized carbons (Fsp3) is 0.652. The molecule has 0 radical (unpaired) electrons. The molecular formula is C23H36O5S. The normalized spacial score (nSPS) is 11.9. The third kappa shape index (κ3) is 12.5. The molecule has 6 heteroatoms. The minimum Gasteiger partial charge on any atom is -0.493 e. The van der Waals surface area contributed by atoms with Gasteiger partial charge in [0, 0.05) is 16.6 Å². The van der Waals surface area contributed by atoms with Gasteiger partial charge in [0.2, 0.25) is 0 Å². The van der Waals surface area contributed by atoms with Crippen LogP contribution in [0, 0.1) is 0 Å². The van der Waals surface area contributed by atoms with Crippen LogP contribution in [0.1, 0.15) is 88.4 Å². The van der Waals surface area contributed by atoms with E-state index in [0.29, 0.717) is 18.1 Å². The smallest absolute Gasteiger partial charge is 0.304 e. The molecule has 0 fully saturated rings. The highest BCUT2D eigenvalue weighted by Gasteiger charge is 2.20. The van der Waals surface area contributed by atoms with E-state index in [1.165, 1.54) is 56.7 Å². The van der Waals surface area contributed by atoms with Gasteiger partial charge in [0.05, 0.1) is 19.4 Å². The quantitative estimate of drug-likeness (QED) is 0.268. The molecule has 29 heavy (non-hydrogen) atoms. The van der Waals surface area contributed by atoms with E-state index >= 15 is 0 Å². The van der Waals surface area contributed by atoms with Crippen LogP contribution in [0.2, 0.25) is 0 Å². The van der Waals surface area contributed by atoms with Crippen molar-refractivity contribution in [2.24, 2.45) is 0 Å². The zero-order valence-corrected chi connectivity index (χ0v) is 18.4.